The van der Waals surface area contributed by atoms with Gasteiger partial charge in [0, 0.05) is 5.38 Å². The first-order valence-corrected chi connectivity index (χ1v) is 5.55. The molecule has 0 aromatic carbocycles. The zero-order valence-corrected chi connectivity index (χ0v) is 8.11. The van der Waals surface area contributed by atoms with Crippen molar-refractivity contribution in [2.45, 2.75) is 43.9 Å². The molecule has 66 valence electrons. The molecule has 0 aromatic rings. The van der Waals surface area contributed by atoms with Crippen LogP contribution in [0.25, 0.3) is 0 Å². The molecule has 2 saturated carbocycles. The topological polar surface area (TPSA) is 0 Å². The highest BCUT2D eigenvalue weighted by atomic mass is 35.5. The molecule has 2 fully saturated rings. The number of allylic oxidation sites excluding steroid dienone is 2. The first kappa shape index (κ1) is 7.44. The minimum atomic E-state index is 0.502. The van der Waals surface area contributed by atoms with Crippen molar-refractivity contribution >= 4 is 11.6 Å². The summed E-state index contributed by atoms with van der Waals surface area (Å²) in [6, 6.07) is 0. The number of hydrogen-bond acceptors (Lipinski definition) is 0. The van der Waals surface area contributed by atoms with E-state index in [1.165, 1.54) is 38.5 Å². The molecule has 0 radical (unpaired) electrons. The Balaban J connectivity index is 2.00. The molecule has 12 heavy (non-hydrogen) atoms. The summed E-state index contributed by atoms with van der Waals surface area (Å²) >= 11 is 6.47. The van der Waals surface area contributed by atoms with Crippen LogP contribution in [0.2, 0.25) is 0 Å². The van der Waals surface area contributed by atoms with E-state index in [4.69, 9.17) is 11.6 Å². The average Bonchev–Trinajstić information content (AvgIpc) is 2.69. The van der Waals surface area contributed by atoms with Crippen LogP contribution in [-0.2, 0) is 0 Å². The first-order chi connectivity index (χ1) is 5.82. The monoisotopic (exact) mass is 182 g/mol. The van der Waals surface area contributed by atoms with E-state index in [1.807, 2.05) is 0 Å². The molecular formula is C11H15Cl. The number of alkyl halides is 1. The number of halogens is 1. The molecule has 0 nitrogen and oxygen atoms in total. The van der Waals surface area contributed by atoms with Gasteiger partial charge in [-0.05, 0) is 36.5 Å². The van der Waals surface area contributed by atoms with Gasteiger partial charge in [0.05, 0.1) is 0 Å². The maximum Gasteiger partial charge on any atom is 0.0466 e. The molecule has 0 bridgehead atoms. The van der Waals surface area contributed by atoms with Crippen LogP contribution in [0.1, 0.15) is 38.5 Å². The third-order valence-electron chi connectivity index (χ3n) is 4.51. The van der Waals surface area contributed by atoms with E-state index in [0.717, 1.165) is 0 Å². The lowest BCUT2D eigenvalue weighted by molar-refractivity contribution is 0.231. The zero-order chi connectivity index (χ0) is 8.23. The van der Waals surface area contributed by atoms with Gasteiger partial charge in [-0.15, -0.1) is 11.6 Å². The van der Waals surface area contributed by atoms with E-state index < -0.39 is 0 Å². The minimum Gasteiger partial charge on any atom is -0.122 e. The highest BCUT2D eigenvalue weighted by molar-refractivity contribution is 6.24. The fourth-order valence-corrected chi connectivity index (χ4v) is 4.48. The van der Waals surface area contributed by atoms with Crippen molar-refractivity contribution in [1.29, 1.82) is 0 Å². The van der Waals surface area contributed by atoms with Gasteiger partial charge in [0.25, 0.3) is 0 Å². The van der Waals surface area contributed by atoms with E-state index in [1.54, 1.807) is 0 Å². The van der Waals surface area contributed by atoms with E-state index in [9.17, 15) is 0 Å². The van der Waals surface area contributed by atoms with E-state index in [-0.39, 0.29) is 0 Å². The number of rotatable bonds is 0. The van der Waals surface area contributed by atoms with Crippen molar-refractivity contribution < 1.29 is 0 Å². The molecule has 0 saturated heterocycles. The summed E-state index contributed by atoms with van der Waals surface area (Å²) in [6.07, 6.45) is 12.9. The summed E-state index contributed by atoms with van der Waals surface area (Å²) in [5.41, 5.74) is 1.11. The van der Waals surface area contributed by atoms with Gasteiger partial charge >= 0.3 is 0 Å². The predicted octanol–water partition coefficient (Wildman–Crippen LogP) is 3.50. The fraction of sp³-hybridized carbons (Fsp3) is 0.818. The lowest BCUT2D eigenvalue weighted by Gasteiger charge is -2.30. The Morgan fingerprint density at radius 1 is 1.00 bits per heavy atom. The van der Waals surface area contributed by atoms with Crippen LogP contribution in [0.15, 0.2) is 12.2 Å². The predicted molar refractivity (Wildman–Crippen MR) is 51.3 cm³/mol. The van der Waals surface area contributed by atoms with Gasteiger partial charge in [-0.1, -0.05) is 25.0 Å². The molecular weight excluding hydrogens is 168 g/mol. The van der Waals surface area contributed by atoms with E-state index >= 15 is 0 Å². The van der Waals surface area contributed by atoms with Crippen LogP contribution in [-0.4, -0.2) is 5.38 Å². The molecule has 0 heterocycles. The van der Waals surface area contributed by atoms with Gasteiger partial charge < -0.3 is 0 Å². The lowest BCUT2D eigenvalue weighted by Crippen LogP contribution is -2.20. The van der Waals surface area contributed by atoms with Gasteiger partial charge in [-0.25, -0.2) is 0 Å². The molecule has 3 aliphatic rings. The SMILES string of the molecule is ClC1C23CC=CCC12CCCC3. The molecule has 1 heteroatoms. The van der Waals surface area contributed by atoms with Crippen molar-refractivity contribution in [2.24, 2.45) is 10.8 Å². The quantitative estimate of drug-likeness (QED) is 0.397. The standard InChI is InChI=1S/C11H15Cl/c12-9-10-5-1-2-6-11(9,10)8-4-3-7-10/h1-2,9H,3-8H2. The van der Waals surface area contributed by atoms with Crippen LogP contribution in [0.4, 0.5) is 0 Å². The number of hydrogen-bond donors (Lipinski definition) is 0. The fourth-order valence-electron chi connectivity index (χ4n) is 3.72. The Labute approximate surface area is 79.0 Å². The molecule has 3 rings (SSSR count). The minimum absolute atomic E-state index is 0.502. The Morgan fingerprint density at radius 3 is 2.00 bits per heavy atom. The summed E-state index contributed by atoms with van der Waals surface area (Å²) in [5, 5.41) is 0.502. The maximum atomic E-state index is 6.47. The largest absolute Gasteiger partial charge is 0.122 e. The molecule has 0 aliphatic heterocycles. The molecule has 0 N–H and O–H groups in total. The second-order valence-corrected chi connectivity index (χ2v) is 5.20. The Hall–Kier alpha value is 0.0300. The van der Waals surface area contributed by atoms with Crippen LogP contribution < -0.4 is 0 Å². The smallest absolute Gasteiger partial charge is 0.0466 e. The maximum absolute atomic E-state index is 6.47. The highest BCUT2D eigenvalue weighted by Gasteiger charge is 2.74. The van der Waals surface area contributed by atoms with Gasteiger partial charge in [-0.3, -0.25) is 0 Å². The van der Waals surface area contributed by atoms with Crippen LogP contribution in [0.3, 0.4) is 0 Å². The van der Waals surface area contributed by atoms with Gasteiger partial charge in [0.15, 0.2) is 0 Å². The molecule has 0 spiro atoms. The van der Waals surface area contributed by atoms with Gasteiger partial charge in [0.2, 0.25) is 0 Å². The summed E-state index contributed by atoms with van der Waals surface area (Å²) < 4.78 is 0. The van der Waals surface area contributed by atoms with Crippen molar-refractivity contribution in [2.75, 3.05) is 0 Å². The summed E-state index contributed by atoms with van der Waals surface area (Å²) in [4.78, 5) is 0. The van der Waals surface area contributed by atoms with Crippen LogP contribution >= 0.6 is 11.6 Å². The second kappa shape index (κ2) is 2.09. The highest BCUT2D eigenvalue weighted by Crippen LogP contribution is 2.78. The first-order valence-electron chi connectivity index (χ1n) is 5.11. The molecule has 0 aromatic heterocycles. The van der Waals surface area contributed by atoms with Gasteiger partial charge in [0.1, 0.15) is 0 Å². The van der Waals surface area contributed by atoms with Crippen molar-refractivity contribution in [3.63, 3.8) is 0 Å². The van der Waals surface area contributed by atoms with Gasteiger partial charge in [-0.2, -0.15) is 0 Å². The Bertz CT molecular complexity index is 221. The molecule has 2 atom stereocenters. The Morgan fingerprint density at radius 2 is 1.50 bits per heavy atom. The van der Waals surface area contributed by atoms with E-state index in [2.05, 4.69) is 12.2 Å². The summed E-state index contributed by atoms with van der Waals surface area (Å²) in [5.74, 6) is 0. The van der Waals surface area contributed by atoms with Crippen molar-refractivity contribution in [3.05, 3.63) is 12.2 Å². The molecule has 2 unspecified atom stereocenters. The molecule has 3 aliphatic carbocycles. The van der Waals surface area contributed by atoms with Crippen molar-refractivity contribution in [3.8, 4) is 0 Å². The molecule has 0 amide bonds. The third-order valence-corrected chi connectivity index (χ3v) is 5.34. The third kappa shape index (κ3) is 0.596. The normalized spacial score (nSPS) is 55.9. The van der Waals surface area contributed by atoms with Crippen LogP contribution in [0.5, 0.6) is 0 Å². The lowest BCUT2D eigenvalue weighted by atomic mass is 9.73. The van der Waals surface area contributed by atoms with E-state index in [0.29, 0.717) is 16.2 Å². The Kier molecular flexibility index (Phi) is 1.30. The average molecular weight is 183 g/mol. The summed E-state index contributed by atoms with van der Waals surface area (Å²) in [6.45, 7) is 0. The zero-order valence-electron chi connectivity index (χ0n) is 7.35. The van der Waals surface area contributed by atoms with Crippen LogP contribution in [0, 0.1) is 10.8 Å². The second-order valence-electron chi connectivity index (χ2n) is 4.76. The van der Waals surface area contributed by atoms with Crippen molar-refractivity contribution in [1.82, 2.24) is 0 Å². The summed E-state index contributed by atoms with van der Waals surface area (Å²) in [7, 11) is 0.